The molecule has 0 aliphatic heterocycles. The number of aryl methyl sites for hydroxylation is 1. The summed E-state index contributed by atoms with van der Waals surface area (Å²) in [4.78, 5) is 35.4. The van der Waals surface area contributed by atoms with Crippen LogP contribution in [0.1, 0.15) is 54.1 Å². The van der Waals surface area contributed by atoms with Crippen molar-refractivity contribution in [2.75, 3.05) is 6.61 Å². The van der Waals surface area contributed by atoms with Crippen molar-refractivity contribution in [3.8, 4) is 5.75 Å². The number of ether oxygens (including phenoxy) is 2. The number of carbonyl (C=O) groups is 3. The number of aromatic nitrogens is 1. The first-order valence-corrected chi connectivity index (χ1v) is 8.36. The summed E-state index contributed by atoms with van der Waals surface area (Å²) in [6, 6.07) is 8.35. The number of nitrogens with zero attached hydrogens (tertiary/aromatic N) is 1. The van der Waals surface area contributed by atoms with Crippen molar-refractivity contribution in [2.24, 2.45) is 0 Å². The van der Waals surface area contributed by atoms with E-state index in [1.54, 1.807) is 30.3 Å². The van der Waals surface area contributed by atoms with Gasteiger partial charge >= 0.3 is 11.9 Å². The highest BCUT2D eigenvalue weighted by atomic mass is 16.5. The van der Waals surface area contributed by atoms with Crippen LogP contribution in [-0.2, 0) is 14.3 Å². The van der Waals surface area contributed by atoms with Crippen molar-refractivity contribution in [3.05, 3.63) is 52.8 Å². The lowest BCUT2D eigenvalue weighted by atomic mass is 10.0. The quantitative estimate of drug-likeness (QED) is 0.450. The lowest BCUT2D eigenvalue weighted by Gasteiger charge is -2.18. The van der Waals surface area contributed by atoms with Crippen molar-refractivity contribution < 1.29 is 23.9 Å². The molecule has 0 amide bonds. The van der Waals surface area contributed by atoms with Crippen LogP contribution in [-0.4, -0.2) is 28.9 Å². The van der Waals surface area contributed by atoms with E-state index >= 15 is 0 Å². The molecule has 2 aromatic rings. The molecule has 2 rings (SSSR count). The Balaban J connectivity index is 2.38. The highest BCUT2D eigenvalue weighted by Crippen LogP contribution is 2.27. The molecule has 0 fully saturated rings. The van der Waals surface area contributed by atoms with Crippen LogP contribution >= 0.6 is 0 Å². The number of hydrogen-bond acceptors (Lipinski definition) is 5. The number of benzene rings is 1. The molecule has 0 spiro atoms. The maximum atomic E-state index is 13.0. The molecular formula is C20H23NO5. The Kier molecular flexibility index (Phi) is 5.97. The van der Waals surface area contributed by atoms with Gasteiger partial charge in [0.2, 0.25) is 0 Å². The minimum absolute atomic E-state index is 0.107. The number of ketones is 1. The van der Waals surface area contributed by atoms with E-state index in [2.05, 4.69) is 0 Å². The van der Waals surface area contributed by atoms with E-state index < -0.39 is 5.97 Å². The average molecular weight is 357 g/mol. The van der Waals surface area contributed by atoms with Gasteiger partial charge in [0.05, 0.1) is 11.6 Å². The zero-order valence-corrected chi connectivity index (χ0v) is 15.7. The number of esters is 2. The third-order valence-electron chi connectivity index (χ3n) is 4.08. The number of rotatable bonds is 6. The van der Waals surface area contributed by atoms with Crippen molar-refractivity contribution >= 4 is 17.7 Å². The Morgan fingerprint density at radius 1 is 1.04 bits per heavy atom. The summed E-state index contributed by atoms with van der Waals surface area (Å²) < 4.78 is 12.2. The molecular weight excluding hydrogens is 334 g/mol. The first-order valence-electron chi connectivity index (χ1n) is 8.36. The van der Waals surface area contributed by atoms with Crippen LogP contribution in [0.5, 0.6) is 5.75 Å². The molecule has 6 heteroatoms. The predicted molar refractivity (Wildman–Crippen MR) is 96.4 cm³/mol. The van der Waals surface area contributed by atoms with Crippen LogP contribution in [0.2, 0.25) is 0 Å². The molecule has 6 nitrogen and oxygen atoms in total. The van der Waals surface area contributed by atoms with Crippen LogP contribution in [0.3, 0.4) is 0 Å². The van der Waals surface area contributed by atoms with Gasteiger partial charge in [0.15, 0.2) is 5.78 Å². The van der Waals surface area contributed by atoms with Gasteiger partial charge in [-0.3, -0.25) is 14.4 Å². The third kappa shape index (κ3) is 4.20. The van der Waals surface area contributed by atoms with E-state index in [-0.39, 0.29) is 30.2 Å². The van der Waals surface area contributed by atoms with Crippen molar-refractivity contribution in [2.45, 2.75) is 40.7 Å². The van der Waals surface area contributed by atoms with E-state index in [9.17, 15) is 14.4 Å². The van der Waals surface area contributed by atoms with Crippen LogP contribution in [0.15, 0.2) is 30.3 Å². The maximum Gasteiger partial charge on any atom is 0.308 e. The lowest BCUT2D eigenvalue weighted by Crippen LogP contribution is -2.17. The summed E-state index contributed by atoms with van der Waals surface area (Å²) in [5, 5.41) is 0. The van der Waals surface area contributed by atoms with Crippen LogP contribution in [0.25, 0.3) is 0 Å². The van der Waals surface area contributed by atoms with E-state index in [0.29, 0.717) is 11.1 Å². The van der Waals surface area contributed by atoms with Gasteiger partial charge in [-0.25, -0.2) is 0 Å². The molecule has 138 valence electrons. The van der Waals surface area contributed by atoms with Gasteiger partial charge in [-0.15, -0.1) is 0 Å². The highest BCUT2D eigenvalue weighted by molar-refractivity contribution is 6.11. The molecule has 1 aromatic heterocycles. The van der Waals surface area contributed by atoms with Crippen molar-refractivity contribution in [1.82, 2.24) is 4.57 Å². The first kappa shape index (κ1) is 19.4. The Hall–Kier alpha value is -2.89. The molecule has 0 radical (unpaired) electrons. The largest absolute Gasteiger partial charge is 0.464 e. The summed E-state index contributed by atoms with van der Waals surface area (Å²) in [5.74, 6) is -0.805. The molecule has 1 aromatic carbocycles. The molecule has 0 bridgehead atoms. The standard InChI is InChI=1S/C20H23NO5/c1-12-10-18(14(3)21(12)13(2)11-25-15(4)22)20(24)17-8-6-7-9-19(17)26-16(5)23/h6-10,13H,11H2,1-5H3. The van der Waals surface area contributed by atoms with E-state index in [1.165, 1.54) is 13.8 Å². The molecule has 26 heavy (non-hydrogen) atoms. The summed E-state index contributed by atoms with van der Waals surface area (Å²) in [6.45, 7) is 8.55. The van der Waals surface area contributed by atoms with Gasteiger partial charge in [0.1, 0.15) is 12.4 Å². The molecule has 0 saturated carbocycles. The second-order valence-electron chi connectivity index (χ2n) is 6.23. The Labute approximate surface area is 152 Å². The summed E-state index contributed by atoms with van der Waals surface area (Å²) in [7, 11) is 0. The summed E-state index contributed by atoms with van der Waals surface area (Å²) >= 11 is 0. The monoisotopic (exact) mass is 357 g/mol. The number of hydrogen-bond donors (Lipinski definition) is 0. The van der Waals surface area contributed by atoms with E-state index in [4.69, 9.17) is 9.47 Å². The zero-order chi connectivity index (χ0) is 19.4. The first-order chi connectivity index (χ1) is 12.2. The average Bonchev–Trinajstić information content (AvgIpc) is 2.86. The second kappa shape index (κ2) is 7.99. The molecule has 1 heterocycles. The fourth-order valence-electron chi connectivity index (χ4n) is 3.04. The van der Waals surface area contributed by atoms with Gasteiger partial charge in [-0.05, 0) is 39.0 Å². The van der Waals surface area contributed by atoms with E-state index in [1.807, 2.05) is 25.3 Å². The van der Waals surface area contributed by atoms with Gasteiger partial charge in [0, 0.05) is 30.8 Å². The molecule has 0 aliphatic rings. The van der Waals surface area contributed by atoms with Gasteiger partial charge in [0.25, 0.3) is 0 Å². The SMILES string of the molecule is CC(=O)OCC(C)n1c(C)cc(C(=O)c2ccccc2OC(C)=O)c1C. The molecule has 1 unspecified atom stereocenters. The Bertz CT molecular complexity index is 850. The second-order valence-corrected chi connectivity index (χ2v) is 6.23. The smallest absolute Gasteiger partial charge is 0.308 e. The van der Waals surface area contributed by atoms with Gasteiger partial charge in [-0.2, -0.15) is 0 Å². The lowest BCUT2D eigenvalue weighted by molar-refractivity contribution is -0.142. The third-order valence-corrected chi connectivity index (χ3v) is 4.08. The zero-order valence-electron chi connectivity index (χ0n) is 15.7. The Morgan fingerprint density at radius 2 is 1.69 bits per heavy atom. The molecule has 0 saturated heterocycles. The van der Waals surface area contributed by atoms with Crippen LogP contribution in [0.4, 0.5) is 0 Å². The normalized spacial score (nSPS) is 11.7. The number of carbonyl (C=O) groups excluding carboxylic acids is 3. The van der Waals surface area contributed by atoms with E-state index in [0.717, 1.165) is 11.4 Å². The molecule has 0 N–H and O–H groups in total. The topological polar surface area (TPSA) is 74.6 Å². The van der Waals surface area contributed by atoms with Crippen LogP contribution in [0, 0.1) is 13.8 Å². The maximum absolute atomic E-state index is 13.0. The Morgan fingerprint density at radius 3 is 2.31 bits per heavy atom. The number of para-hydroxylation sites is 1. The van der Waals surface area contributed by atoms with Gasteiger partial charge < -0.3 is 14.0 Å². The molecule has 0 aliphatic carbocycles. The van der Waals surface area contributed by atoms with Crippen molar-refractivity contribution in [1.29, 1.82) is 0 Å². The summed E-state index contributed by atoms with van der Waals surface area (Å²) in [5.41, 5.74) is 2.51. The molecule has 1 atom stereocenters. The fourth-order valence-corrected chi connectivity index (χ4v) is 3.04. The highest BCUT2D eigenvalue weighted by Gasteiger charge is 2.22. The predicted octanol–water partition coefficient (Wildman–Crippen LogP) is 3.39. The van der Waals surface area contributed by atoms with Crippen LogP contribution < -0.4 is 4.74 Å². The van der Waals surface area contributed by atoms with Crippen molar-refractivity contribution in [3.63, 3.8) is 0 Å². The summed E-state index contributed by atoms with van der Waals surface area (Å²) in [6.07, 6.45) is 0. The minimum atomic E-state index is -0.481. The minimum Gasteiger partial charge on any atom is -0.464 e. The van der Waals surface area contributed by atoms with Gasteiger partial charge in [-0.1, -0.05) is 12.1 Å². The fraction of sp³-hybridized carbons (Fsp3) is 0.350.